The van der Waals surface area contributed by atoms with E-state index >= 15 is 0 Å². The standard InChI is InChI=1S/C16H14O4/c17-14-8-6-13(7-9-16(18)19)15(10-14)20-11-12-4-2-1-3-5-12/h1-10,17H,11H2,(H,18,19). The summed E-state index contributed by atoms with van der Waals surface area (Å²) < 4.78 is 5.63. The van der Waals surface area contributed by atoms with E-state index in [-0.39, 0.29) is 5.75 Å². The van der Waals surface area contributed by atoms with Crippen LogP contribution in [0.5, 0.6) is 11.5 Å². The lowest BCUT2D eigenvalue weighted by molar-refractivity contribution is -0.131. The van der Waals surface area contributed by atoms with Crippen LogP contribution in [0.1, 0.15) is 11.1 Å². The summed E-state index contributed by atoms with van der Waals surface area (Å²) in [6.45, 7) is 0.345. The molecule has 4 nitrogen and oxygen atoms in total. The number of phenolic OH excluding ortho intramolecular Hbond substituents is 1. The van der Waals surface area contributed by atoms with Crippen molar-refractivity contribution in [1.29, 1.82) is 0 Å². The lowest BCUT2D eigenvalue weighted by Crippen LogP contribution is -1.97. The monoisotopic (exact) mass is 270 g/mol. The molecule has 0 saturated heterocycles. The van der Waals surface area contributed by atoms with Crippen molar-refractivity contribution in [3.8, 4) is 11.5 Å². The normalized spacial score (nSPS) is 10.6. The van der Waals surface area contributed by atoms with E-state index in [1.54, 1.807) is 6.07 Å². The molecule has 0 bridgehead atoms. The van der Waals surface area contributed by atoms with E-state index in [9.17, 15) is 9.90 Å². The first-order valence-corrected chi connectivity index (χ1v) is 6.06. The van der Waals surface area contributed by atoms with Crippen molar-refractivity contribution in [2.75, 3.05) is 0 Å². The van der Waals surface area contributed by atoms with Gasteiger partial charge in [0.1, 0.15) is 18.1 Å². The average Bonchev–Trinajstić information content (AvgIpc) is 2.45. The van der Waals surface area contributed by atoms with Crippen LogP contribution in [0.25, 0.3) is 6.08 Å². The molecular weight excluding hydrogens is 256 g/mol. The number of benzene rings is 2. The van der Waals surface area contributed by atoms with Gasteiger partial charge in [-0.3, -0.25) is 0 Å². The Bertz CT molecular complexity index is 618. The summed E-state index contributed by atoms with van der Waals surface area (Å²) in [4.78, 5) is 10.6. The lowest BCUT2D eigenvalue weighted by Gasteiger charge is -2.09. The molecule has 0 unspecified atom stereocenters. The first kappa shape index (κ1) is 13.7. The molecule has 2 aromatic rings. The van der Waals surface area contributed by atoms with E-state index in [4.69, 9.17) is 9.84 Å². The van der Waals surface area contributed by atoms with Crippen molar-refractivity contribution >= 4 is 12.0 Å². The number of carboxylic acid groups (broad SMARTS) is 1. The smallest absolute Gasteiger partial charge is 0.328 e. The van der Waals surface area contributed by atoms with Crippen molar-refractivity contribution in [1.82, 2.24) is 0 Å². The van der Waals surface area contributed by atoms with Crippen LogP contribution in [-0.2, 0) is 11.4 Å². The maximum Gasteiger partial charge on any atom is 0.328 e. The van der Waals surface area contributed by atoms with E-state index in [1.807, 2.05) is 30.3 Å². The van der Waals surface area contributed by atoms with Crippen molar-refractivity contribution in [3.05, 3.63) is 65.7 Å². The zero-order chi connectivity index (χ0) is 14.4. The van der Waals surface area contributed by atoms with Crippen LogP contribution in [-0.4, -0.2) is 16.2 Å². The largest absolute Gasteiger partial charge is 0.508 e. The number of rotatable bonds is 5. The fourth-order valence-electron chi connectivity index (χ4n) is 1.68. The van der Waals surface area contributed by atoms with E-state index in [1.165, 1.54) is 18.2 Å². The fourth-order valence-corrected chi connectivity index (χ4v) is 1.68. The highest BCUT2D eigenvalue weighted by Gasteiger charge is 2.04. The highest BCUT2D eigenvalue weighted by Crippen LogP contribution is 2.26. The van der Waals surface area contributed by atoms with Gasteiger partial charge in [0, 0.05) is 17.7 Å². The molecule has 0 aliphatic rings. The molecule has 2 aromatic carbocycles. The summed E-state index contributed by atoms with van der Waals surface area (Å²) in [5.41, 5.74) is 1.59. The van der Waals surface area contributed by atoms with Gasteiger partial charge in [-0.1, -0.05) is 30.3 Å². The lowest BCUT2D eigenvalue weighted by atomic mass is 10.1. The molecule has 0 amide bonds. The molecule has 2 N–H and O–H groups in total. The molecule has 0 aliphatic carbocycles. The van der Waals surface area contributed by atoms with Gasteiger partial charge >= 0.3 is 5.97 Å². The van der Waals surface area contributed by atoms with Gasteiger partial charge in [-0.25, -0.2) is 4.79 Å². The number of carboxylic acids is 1. The van der Waals surface area contributed by atoms with Gasteiger partial charge in [0.05, 0.1) is 0 Å². The van der Waals surface area contributed by atoms with Crippen LogP contribution in [0.15, 0.2) is 54.6 Å². The number of hydrogen-bond acceptors (Lipinski definition) is 3. The van der Waals surface area contributed by atoms with Gasteiger partial charge in [0.2, 0.25) is 0 Å². The van der Waals surface area contributed by atoms with Crippen LogP contribution in [0.2, 0.25) is 0 Å². The van der Waals surface area contributed by atoms with E-state index < -0.39 is 5.97 Å². The Morgan fingerprint density at radius 2 is 1.90 bits per heavy atom. The Hall–Kier alpha value is -2.75. The maximum absolute atomic E-state index is 10.6. The molecule has 0 fully saturated rings. The fraction of sp³-hybridized carbons (Fsp3) is 0.0625. The predicted molar refractivity (Wildman–Crippen MR) is 75.6 cm³/mol. The molecule has 0 saturated carbocycles. The molecule has 0 radical (unpaired) electrons. The molecule has 20 heavy (non-hydrogen) atoms. The van der Waals surface area contributed by atoms with Crippen molar-refractivity contribution in [2.24, 2.45) is 0 Å². The number of aromatic hydroxyl groups is 1. The second-order valence-corrected chi connectivity index (χ2v) is 4.17. The molecule has 102 valence electrons. The topological polar surface area (TPSA) is 66.8 Å². The van der Waals surface area contributed by atoms with Gasteiger partial charge in [0.15, 0.2) is 0 Å². The van der Waals surface area contributed by atoms with Crippen LogP contribution >= 0.6 is 0 Å². The quantitative estimate of drug-likeness (QED) is 0.819. The SMILES string of the molecule is O=C(O)C=Cc1ccc(O)cc1OCc1ccccc1. The van der Waals surface area contributed by atoms with Gasteiger partial charge in [0.25, 0.3) is 0 Å². The summed E-state index contributed by atoms with van der Waals surface area (Å²) in [5, 5.41) is 18.1. The van der Waals surface area contributed by atoms with Crippen molar-refractivity contribution in [3.63, 3.8) is 0 Å². The molecule has 0 heterocycles. The van der Waals surface area contributed by atoms with Crippen LogP contribution in [0.4, 0.5) is 0 Å². The number of hydrogen-bond donors (Lipinski definition) is 2. The number of carbonyl (C=O) groups is 1. The molecule has 0 aliphatic heterocycles. The van der Waals surface area contributed by atoms with E-state index in [2.05, 4.69) is 0 Å². The highest BCUT2D eigenvalue weighted by molar-refractivity contribution is 5.86. The molecular formula is C16H14O4. The van der Waals surface area contributed by atoms with Gasteiger partial charge in [-0.15, -0.1) is 0 Å². The molecule has 0 spiro atoms. The average molecular weight is 270 g/mol. The van der Waals surface area contributed by atoms with E-state index in [0.29, 0.717) is 17.9 Å². The number of ether oxygens (including phenoxy) is 1. The summed E-state index contributed by atoms with van der Waals surface area (Å²) >= 11 is 0. The summed E-state index contributed by atoms with van der Waals surface area (Å²) in [6.07, 6.45) is 2.46. The minimum atomic E-state index is -1.04. The molecule has 2 rings (SSSR count). The molecule has 4 heteroatoms. The highest BCUT2D eigenvalue weighted by atomic mass is 16.5. The second kappa shape index (κ2) is 6.43. The summed E-state index contributed by atoms with van der Waals surface area (Å²) in [6, 6.07) is 14.1. The third kappa shape index (κ3) is 3.88. The minimum Gasteiger partial charge on any atom is -0.508 e. The van der Waals surface area contributed by atoms with Crippen LogP contribution in [0, 0.1) is 0 Å². The Kier molecular flexibility index (Phi) is 4.39. The van der Waals surface area contributed by atoms with Gasteiger partial charge < -0.3 is 14.9 Å². The molecule has 0 atom stereocenters. The number of phenols is 1. The second-order valence-electron chi connectivity index (χ2n) is 4.17. The van der Waals surface area contributed by atoms with Gasteiger partial charge in [-0.2, -0.15) is 0 Å². The predicted octanol–water partition coefficient (Wildman–Crippen LogP) is 3.07. The van der Waals surface area contributed by atoms with Crippen LogP contribution < -0.4 is 4.74 Å². The number of aliphatic carboxylic acids is 1. The zero-order valence-corrected chi connectivity index (χ0v) is 10.7. The third-order valence-corrected chi connectivity index (χ3v) is 2.64. The third-order valence-electron chi connectivity index (χ3n) is 2.64. The Balaban J connectivity index is 2.17. The first-order chi connectivity index (χ1) is 9.65. The Morgan fingerprint density at radius 1 is 1.15 bits per heavy atom. The Morgan fingerprint density at radius 3 is 2.60 bits per heavy atom. The minimum absolute atomic E-state index is 0.0699. The molecule has 0 aromatic heterocycles. The van der Waals surface area contributed by atoms with E-state index in [0.717, 1.165) is 11.6 Å². The maximum atomic E-state index is 10.6. The zero-order valence-electron chi connectivity index (χ0n) is 10.7. The van der Waals surface area contributed by atoms with Crippen molar-refractivity contribution < 1.29 is 19.7 Å². The van der Waals surface area contributed by atoms with Gasteiger partial charge in [-0.05, 0) is 23.8 Å². The van der Waals surface area contributed by atoms with Crippen LogP contribution in [0.3, 0.4) is 0 Å². The first-order valence-electron chi connectivity index (χ1n) is 6.06. The Labute approximate surface area is 116 Å². The summed E-state index contributed by atoms with van der Waals surface area (Å²) in [7, 11) is 0. The van der Waals surface area contributed by atoms with Crippen molar-refractivity contribution in [2.45, 2.75) is 6.61 Å². The summed E-state index contributed by atoms with van der Waals surface area (Å²) in [5.74, 6) is -0.529.